The Balaban J connectivity index is 1.34. The van der Waals surface area contributed by atoms with Gasteiger partial charge in [-0.25, -0.2) is 4.68 Å². The third-order valence-electron chi connectivity index (χ3n) is 5.45. The average molecular weight is 407 g/mol. The van der Waals surface area contributed by atoms with E-state index in [2.05, 4.69) is 45.4 Å². The lowest BCUT2D eigenvalue weighted by molar-refractivity contribution is -0.121. The maximum atomic E-state index is 12.9. The van der Waals surface area contributed by atoms with Crippen LogP contribution in [0, 0.1) is 11.8 Å². The Labute approximate surface area is 177 Å². The van der Waals surface area contributed by atoms with E-state index in [0.717, 1.165) is 61.7 Å². The molecule has 7 nitrogen and oxygen atoms in total. The highest BCUT2D eigenvalue weighted by Gasteiger charge is 2.26. The van der Waals surface area contributed by atoms with E-state index in [1.54, 1.807) is 10.9 Å². The van der Waals surface area contributed by atoms with Crippen molar-refractivity contribution in [2.75, 3.05) is 18.4 Å². The maximum absolute atomic E-state index is 12.9. The average Bonchev–Trinajstić information content (AvgIpc) is 3.40. The molecule has 1 aromatic carbocycles. The standard InChI is InChI=1S/C23H30N6O/c1-17(2)12-20-13-21(27-26-20)16-28-10-4-6-18(15-28)23(30)25-19-7-3-8-22(14-19)29-11-5-9-24-29/h3,5,7-9,11,13-14,17-18H,4,6,10,12,15-16H2,1-2H3,(H,25,30)(H,26,27). The molecule has 2 aromatic heterocycles. The van der Waals surface area contributed by atoms with Gasteiger partial charge >= 0.3 is 0 Å². The Hall–Kier alpha value is -2.93. The molecule has 7 heteroatoms. The number of nitrogens with zero attached hydrogens (tertiary/aromatic N) is 4. The minimum absolute atomic E-state index is 0.00911. The van der Waals surface area contributed by atoms with Crippen LogP contribution in [0.15, 0.2) is 48.8 Å². The fourth-order valence-electron chi connectivity index (χ4n) is 4.06. The van der Waals surface area contributed by atoms with Gasteiger partial charge in [-0.2, -0.15) is 10.2 Å². The summed E-state index contributed by atoms with van der Waals surface area (Å²) in [6.07, 6.45) is 6.57. The number of rotatable bonds is 7. The van der Waals surface area contributed by atoms with Crippen LogP contribution in [0.5, 0.6) is 0 Å². The number of carbonyl (C=O) groups is 1. The van der Waals surface area contributed by atoms with Gasteiger partial charge in [0.1, 0.15) is 0 Å². The number of amides is 1. The molecule has 0 bridgehead atoms. The van der Waals surface area contributed by atoms with E-state index in [4.69, 9.17) is 0 Å². The Bertz CT molecular complexity index is 962. The SMILES string of the molecule is CC(C)Cc1cc(CN2CCCC(C(=O)Nc3cccc(-n4cccn4)c3)C2)[nH]n1. The molecule has 0 saturated carbocycles. The van der Waals surface area contributed by atoms with Gasteiger partial charge in [-0.3, -0.25) is 14.8 Å². The van der Waals surface area contributed by atoms with Crippen molar-refractivity contribution in [3.8, 4) is 5.69 Å². The Morgan fingerprint density at radius 3 is 3.00 bits per heavy atom. The van der Waals surface area contributed by atoms with Crippen LogP contribution in [0.2, 0.25) is 0 Å². The first-order chi connectivity index (χ1) is 14.6. The van der Waals surface area contributed by atoms with E-state index in [0.29, 0.717) is 5.92 Å². The van der Waals surface area contributed by atoms with Gasteiger partial charge in [0, 0.05) is 36.9 Å². The fraction of sp³-hybridized carbons (Fsp3) is 0.435. The van der Waals surface area contributed by atoms with Gasteiger partial charge in [-0.15, -0.1) is 0 Å². The number of likely N-dealkylation sites (tertiary alicyclic amines) is 1. The number of hydrogen-bond acceptors (Lipinski definition) is 4. The lowest BCUT2D eigenvalue weighted by Crippen LogP contribution is -2.40. The summed E-state index contributed by atoms with van der Waals surface area (Å²) in [6, 6.07) is 11.8. The largest absolute Gasteiger partial charge is 0.326 e. The summed E-state index contributed by atoms with van der Waals surface area (Å²) in [5, 5.41) is 14.9. The zero-order valence-electron chi connectivity index (χ0n) is 17.7. The molecule has 1 aliphatic rings. The van der Waals surface area contributed by atoms with Crippen molar-refractivity contribution in [2.45, 2.75) is 39.7 Å². The van der Waals surface area contributed by atoms with Crippen LogP contribution >= 0.6 is 0 Å². The normalized spacial score (nSPS) is 17.4. The quantitative estimate of drug-likeness (QED) is 0.628. The lowest BCUT2D eigenvalue weighted by atomic mass is 9.97. The van der Waals surface area contributed by atoms with Crippen molar-refractivity contribution in [2.24, 2.45) is 11.8 Å². The number of nitrogens with one attached hydrogen (secondary N) is 2. The van der Waals surface area contributed by atoms with Crippen LogP contribution in [0.1, 0.15) is 38.1 Å². The highest BCUT2D eigenvalue weighted by molar-refractivity contribution is 5.93. The molecule has 0 aliphatic carbocycles. The number of H-pyrrole nitrogens is 1. The topological polar surface area (TPSA) is 78.8 Å². The maximum Gasteiger partial charge on any atom is 0.228 e. The molecule has 1 aliphatic heterocycles. The third-order valence-corrected chi connectivity index (χ3v) is 5.45. The Morgan fingerprint density at radius 2 is 2.20 bits per heavy atom. The highest BCUT2D eigenvalue weighted by Crippen LogP contribution is 2.21. The van der Waals surface area contributed by atoms with E-state index in [-0.39, 0.29) is 11.8 Å². The van der Waals surface area contributed by atoms with Gasteiger partial charge in [0.2, 0.25) is 5.91 Å². The number of anilines is 1. The molecule has 1 atom stereocenters. The van der Waals surface area contributed by atoms with Gasteiger partial charge in [0.25, 0.3) is 0 Å². The monoisotopic (exact) mass is 406 g/mol. The summed E-state index contributed by atoms with van der Waals surface area (Å²) >= 11 is 0. The summed E-state index contributed by atoms with van der Waals surface area (Å²) in [6.45, 7) is 6.99. The Morgan fingerprint density at radius 1 is 1.30 bits per heavy atom. The molecule has 30 heavy (non-hydrogen) atoms. The van der Waals surface area contributed by atoms with Gasteiger partial charge < -0.3 is 5.32 Å². The second kappa shape index (κ2) is 9.26. The first kappa shape index (κ1) is 20.3. The second-order valence-corrected chi connectivity index (χ2v) is 8.55. The number of aromatic amines is 1. The molecule has 1 saturated heterocycles. The molecule has 1 fully saturated rings. The van der Waals surface area contributed by atoms with Crippen molar-refractivity contribution >= 4 is 11.6 Å². The molecule has 158 valence electrons. The van der Waals surface area contributed by atoms with Crippen LogP contribution in [-0.4, -0.2) is 43.9 Å². The molecule has 1 amide bonds. The summed E-state index contributed by atoms with van der Waals surface area (Å²) < 4.78 is 1.79. The van der Waals surface area contributed by atoms with Crippen molar-refractivity contribution in [3.05, 3.63) is 60.2 Å². The molecule has 4 rings (SSSR count). The van der Waals surface area contributed by atoms with Crippen LogP contribution < -0.4 is 5.32 Å². The minimum Gasteiger partial charge on any atom is -0.326 e. The van der Waals surface area contributed by atoms with Crippen LogP contribution in [0.25, 0.3) is 5.69 Å². The predicted octanol–water partition coefficient (Wildman–Crippen LogP) is 3.64. The summed E-state index contributed by atoms with van der Waals surface area (Å²) in [7, 11) is 0. The van der Waals surface area contributed by atoms with Crippen molar-refractivity contribution in [1.82, 2.24) is 24.9 Å². The number of benzene rings is 1. The molecular weight excluding hydrogens is 376 g/mol. The molecule has 3 heterocycles. The second-order valence-electron chi connectivity index (χ2n) is 8.55. The van der Waals surface area contributed by atoms with E-state index >= 15 is 0 Å². The number of carbonyl (C=O) groups excluding carboxylic acids is 1. The van der Waals surface area contributed by atoms with Gasteiger partial charge in [-0.1, -0.05) is 19.9 Å². The van der Waals surface area contributed by atoms with E-state index in [1.165, 1.54) is 0 Å². The van der Waals surface area contributed by atoms with Crippen molar-refractivity contribution in [1.29, 1.82) is 0 Å². The van der Waals surface area contributed by atoms with Crippen molar-refractivity contribution in [3.63, 3.8) is 0 Å². The third kappa shape index (κ3) is 5.16. The van der Waals surface area contributed by atoms with E-state index in [9.17, 15) is 4.79 Å². The lowest BCUT2D eigenvalue weighted by Gasteiger charge is -2.31. The molecular formula is C23H30N6O. The summed E-state index contributed by atoms with van der Waals surface area (Å²) in [4.78, 5) is 15.3. The highest BCUT2D eigenvalue weighted by atomic mass is 16.1. The first-order valence-electron chi connectivity index (χ1n) is 10.7. The van der Waals surface area contributed by atoms with Gasteiger partial charge in [0.05, 0.1) is 17.3 Å². The molecule has 1 unspecified atom stereocenters. The minimum atomic E-state index is -0.00911. The molecule has 0 spiro atoms. The molecule has 0 radical (unpaired) electrons. The van der Waals surface area contributed by atoms with E-state index in [1.807, 2.05) is 36.5 Å². The van der Waals surface area contributed by atoms with Gasteiger partial charge in [-0.05, 0) is 62.1 Å². The molecule has 3 aromatic rings. The van der Waals surface area contributed by atoms with Crippen LogP contribution in [0.4, 0.5) is 5.69 Å². The first-order valence-corrected chi connectivity index (χ1v) is 10.7. The fourth-order valence-corrected chi connectivity index (χ4v) is 4.06. The molecule has 2 N–H and O–H groups in total. The van der Waals surface area contributed by atoms with E-state index < -0.39 is 0 Å². The van der Waals surface area contributed by atoms with Crippen LogP contribution in [0.3, 0.4) is 0 Å². The Kier molecular flexibility index (Phi) is 6.28. The summed E-state index contributed by atoms with van der Waals surface area (Å²) in [5.41, 5.74) is 3.97. The van der Waals surface area contributed by atoms with Crippen molar-refractivity contribution < 1.29 is 4.79 Å². The smallest absolute Gasteiger partial charge is 0.228 e. The zero-order valence-corrected chi connectivity index (χ0v) is 17.7. The van der Waals surface area contributed by atoms with Gasteiger partial charge in [0.15, 0.2) is 0 Å². The van der Waals surface area contributed by atoms with Crippen LogP contribution in [-0.2, 0) is 17.8 Å². The number of hydrogen-bond donors (Lipinski definition) is 2. The number of aromatic nitrogens is 4. The zero-order chi connectivity index (χ0) is 20.9. The summed E-state index contributed by atoms with van der Waals surface area (Å²) in [5.74, 6) is 0.670. The number of piperidine rings is 1. The predicted molar refractivity (Wildman–Crippen MR) is 117 cm³/mol.